The van der Waals surface area contributed by atoms with Gasteiger partial charge in [-0.25, -0.2) is 4.20 Å². The van der Waals surface area contributed by atoms with Gasteiger partial charge in [0.05, 0.1) is 27.2 Å². The van der Waals surface area contributed by atoms with Crippen LogP contribution >= 0.6 is 29.8 Å². The summed E-state index contributed by atoms with van der Waals surface area (Å²) < 4.78 is 78.3. The molecular formula is C61H55O9P4+. The zero-order chi connectivity index (χ0) is 52.2. The second-order valence-corrected chi connectivity index (χ2v) is 27.3. The van der Waals surface area contributed by atoms with E-state index in [-0.39, 0.29) is 5.78 Å². The molecule has 4 heterocycles. The summed E-state index contributed by atoms with van der Waals surface area (Å²) in [6.45, 7) is 14.3. The number of hydrogen-bond donors (Lipinski definition) is 0. The van der Waals surface area contributed by atoms with E-state index >= 15 is 0 Å². The first-order valence-electron chi connectivity index (χ1n) is 24.2. The third-order valence-corrected chi connectivity index (χ3v) is 23.3. The second-order valence-electron chi connectivity index (χ2n) is 18.3. The number of allylic oxidation sites excluding steroid dienone is 2. The van der Waals surface area contributed by atoms with E-state index in [1.54, 1.807) is 0 Å². The molecule has 9 aromatic rings. The predicted octanol–water partition coefficient (Wildman–Crippen LogP) is 16.8. The molecular weight excluding hydrogens is 1000 g/mol. The Bertz CT molecular complexity index is 3730. The highest BCUT2D eigenvalue weighted by Crippen LogP contribution is 2.66. The molecule has 0 spiro atoms. The molecule has 6 unspecified atom stereocenters. The minimum atomic E-state index is -3.44. The largest absolute Gasteiger partial charge is 0.597 e. The SMILES string of the molecule is C=C(C)CCP1(=O)Oc2ccccc2-c2ccccc21.C=CC(C)=O.CC(C(C)P1(=O)Oc2ccccc2-c2ccccc21)P1(=O)Oc2ccccc2-c2ccccc21.O=[p+]1oc2ccccc2c2ccccc21. The lowest BCUT2D eigenvalue weighted by molar-refractivity contribution is -0.112. The number of ketones is 1. The number of rotatable bonds is 7. The summed E-state index contributed by atoms with van der Waals surface area (Å²) >= 11 is 0. The number of para-hydroxylation sites is 4. The lowest BCUT2D eigenvalue weighted by Gasteiger charge is -2.39. The molecule has 3 aliphatic rings. The van der Waals surface area contributed by atoms with Crippen molar-refractivity contribution in [3.8, 4) is 50.6 Å². The Balaban J connectivity index is 0.000000142. The van der Waals surface area contributed by atoms with Gasteiger partial charge in [0.1, 0.15) is 17.2 Å². The molecule has 8 aromatic carbocycles. The van der Waals surface area contributed by atoms with Crippen LogP contribution in [0.25, 0.3) is 54.9 Å². The summed E-state index contributed by atoms with van der Waals surface area (Å²) in [7, 11) is -11.5. The number of hydrogen-bond acceptors (Lipinski definition) is 9. The predicted molar refractivity (Wildman–Crippen MR) is 305 cm³/mol. The lowest BCUT2D eigenvalue weighted by Crippen LogP contribution is -2.35. The van der Waals surface area contributed by atoms with Crippen LogP contribution in [0.2, 0.25) is 0 Å². The molecule has 0 bridgehead atoms. The fourth-order valence-corrected chi connectivity index (χ4v) is 18.9. The van der Waals surface area contributed by atoms with Crippen LogP contribution < -0.4 is 29.5 Å². The van der Waals surface area contributed by atoms with Gasteiger partial charge in [0, 0.05) is 33.6 Å². The Morgan fingerprint density at radius 3 is 1.35 bits per heavy atom. The molecule has 12 rings (SSSR count). The van der Waals surface area contributed by atoms with E-state index in [0.717, 1.165) is 65.9 Å². The molecule has 1 aromatic heterocycles. The van der Waals surface area contributed by atoms with Crippen molar-refractivity contribution >= 4 is 72.9 Å². The van der Waals surface area contributed by atoms with Gasteiger partial charge in [-0.05, 0) is 102 Å². The Kier molecular flexibility index (Phi) is 15.2. The number of carbonyl (C=O) groups excluding carboxylic acids is 1. The van der Waals surface area contributed by atoms with Crippen molar-refractivity contribution in [1.82, 2.24) is 0 Å². The van der Waals surface area contributed by atoms with Crippen LogP contribution in [-0.2, 0) is 23.1 Å². The molecule has 0 fully saturated rings. The molecule has 6 atom stereocenters. The molecule has 13 heteroatoms. The summed E-state index contributed by atoms with van der Waals surface area (Å²) in [5, 5.41) is 4.99. The highest BCUT2D eigenvalue weighted by Gasteiger charge is 2.51. The number of fused-ring (bicyclic) bond motifs is 12. The van der Waals surface area contributed by atoms with Crippen LogP contribution in [-0.4, -0.2) is 23.3 Å². The summed E-state index contributed by atoms with van der Waals surface area (Å²) in [5.41, 5.74) is 6.33. The number of benzene rings is 8. The number of carbonyl (C=O) groups is 1. The Labute approximate surface area is 432 Å². The van der Waals surface area contributed by atoms with Gasteiger partial charge in [-0.2, -0.15) is 0 Å². The first-order valence-corrected chi connectivity index (χ1v) is 30.6. The first-order chi connectivity index (χ1) is 35.7. The Morgan fingerprint density at radius 2 is 0.878 bits per heavy atom. The minimum absolute atomic E-state index is 0.0185. The maximum absolute atomic E-state index is 14.7. The van der Waals surface area contributed by atoms with E-state index in [2.05, 4.69) is 13.2 Å². The van der Waals surface area contributed by atoms with Gasteiger partial charge < -0.3 is 13.6 Å². The van der Waals surface area contributed by atoms with Crippen molar-refractivity contribution in [3.63, 3.8) is 0 Å². The topological polar surface area (TPSA) is 126 Å². The summed E-state index contributed by atoms with van der Waals surface area (Å²) in [4.78, 5) is 9.69. The highest BCUT2D eigenvalue weighted by molar-refractivity contribution is 7.72. The molecule has 0 saturated heterocycles. The lowest BCUT2D eigenvalue weighted by atomic mass is 10.0. The maximum atomic E-state index is 14.7. The molecule has 0 radical (unpaired) electrons. The monoisotopic (exact) mass is 1060 g/mol. The van der Waals surface area contributed by atoms with E-state index in [9.17, 15) is 23.1 Å². The molecule has 0 N–H and O–H groups in total. The van der Waals surface area contributed by atoms with Crippen LogP contribution in [0, 0.1) is 0 Å². The standard InChI is InChI=1S/C28H24O4P2.C17H17O2P.C12H8O2P.C4H6O/c1-19(33(29)27-17-9-5-13-23(27)21-11-3-7-15-25(21)31-33)20(2)34(30)28-18-10-6-14-24(28)22-12-4-8-16-26(22)32-34;1-13(2)11-12-20(18)17-10-6-4-8-15(17)14-7-3-5-9-16(14)19-20;13-15-12-8-4-2-6-10(12)9-5-1-3-7-11(9)14-15;1-3-4(2)5/h3-20H,1-2H3;3-10H,1,11-12H2,2H3;1-8H;3H,1H2,2H3/q;;+1;. The van der Waals surface area contributed by atoms with E-state index in [4.69, 9.17) is 17.8 Å². The molecule has 0 aliphatic carbocycles. The van der Waals surface area contributed by atoms with Gasteiger partial charge in [-0.15, -0.1) is 6.58 Å². The van der Waals surface area contributed by atoms with Gasteiger partial charge in [-0.1, -0.05) is 166 Å². The second kappa shape index (κ2) is 21.8. The van der Waals surface area contributed by atoms with Crippen molar-refractivity contribution in [2.24, 2.45) is 0 Å². The molecule has 3 aliphatic heterocycles. The van der Waals surface area contributed by atoms with Crippen LogP contribution in [0.1, 0.15) is 34.1 Å². The van der Waals surface area contributed by atoms with Crippen LogP contribution in [0.5, 0.6) is 17.2 Å². The summed E-state index contributed by atoms with van der Waals surface area (Å²) in [6, 6.07) is 61.6. The zero-order valence-corrected chi connectivity index (χ0v) is 45.1. The first kappa shape index (κ1) is 51.8. The Hall–Kier alpha value is -7.10. The van der Waals surface area contributed by atoms with Crippen LogP contribution in [0.3, 0.4) is 0 Å². The summed E-state index contributed by atoms with van der Waals surface area (Å²) in [6.07, 6.45) is 2.50. The quantitative estimate of drug-likeness (QED) is 0.0663. The highest BCUT2D eigenvalue weighted by atomic mass is 31.2. The van der Waals surface area contributed by atoms with Gasteiger partial charge in [0.15, 0.2) is 11.4 Å². The van der Waals surface area contributed by atoms with E-state index < -0.39 is 41.1 Å². The van der Waals surface area contributed by atoms with Gasteiger partial charge in [-0.3, -0.25) is 18.5 Å². The molecule has 9 nitrogen and oxygen atoms in total. The molecule has 74 heavy (non-hydrogen) atoms. The zero-order valence-electron chi connectivity index (χ0n) is 41.5. The fourth-order valence-electron chi connectivity index (χ4n) is 9.29. The molecule has 0 amide bonds. The average Bonchev–Trinajstić information content (AvgIpc) is 3.44. The normalized spacial score (nSPS) is 19.1. The Morgan fingerprint density at radius 1 is 0.514 bits per heavy atom. The molecule has 372 valence electrons. The third kappa shape index (κ3) is 10.1. The van der Waals surface area contributed by atoms with Crippen LogP contribution in [0.15, 0.2) is 223 Å². The van der Waals surface area contributed by atoms with Crippen LogP contribution in [0.4, 0.5) is 0 Å². The van der Waals surface area contributed by atoms with Gasteiger partial charge in [0.25, 0.3) is 22.1 Å². The minimum Gasteiger partial charge on any atom is -0.439 e. The third-order valence-electron chi connectivity index (χ3n) is 13.3. The average molecular weight is 1060 g/mol. The summed E-state index contributed by atoms with van der Waals surface area (Å²) in [5.74, 6) is 1.93. The van der Waals surface area contributed by atoms with Crippen molar-refractivity contribution in [2.75, 3.05) is 6.16 Å². The van der Waals surface area contributed by atoms with Crippen molar-refractivity contribution in [3.05, 3.63) is 219 Å². The van der Waals surface area contributed by atoms with E-state index in [1.807, 2.05) is 215 Å². The van der Waals surface area contributed by atoms with Crippen molar-refractivity contribution in [2.45, 2.75) is 45.4 Å². The molecule has 0 saturated carbocycles. The van der Waals surface area contributed by atoms with Crippen molar-refractivity contribution < 1.29 is 40.8 Å². The van der Waals surface area contributed by atoms with Gasteiger partial charge in [0.2, 0.25) is 5.12 Å². The van der Waals surface area contributed by atoms with E-state index in [1.165, 1.54) is 13.0 Å². The smallest absolute Gasteiger partial charge is 0.439 e. The van der Waals surface area contributed by atoms with E-state index in [0.29, 0.717) is 40.3 Å². The van der Waals surface area contributed by atoms with Gasteiger partial charge >= 0.3 is 7.65 Å². The fraction of sp³-hybridized carbons (Fsp3) is 0.131. The van der Waals surface area contributed by atoms with Crippen molar-refractivity contribution in [1.29, 1.82) is 0 Å². The maximum Gasteiger partial charge on any atom is 0.597 e.